The van der Waals surface area contributed by atoms with Gasteiger partial charge < -0.3 is 8.60 Å². The Kier molecular flexibility index (Phi) is 4.16. The molecule has 130 valence electrons. The van der Waals surface area contributed by atoms with E-state index in [1.807, 2.05) is 0 Å². The molecule has 0 saturated carbocycles. The lowest BCUT2D eigenvalue weighted by Crippen LogP contribution is -2.13. The molecule has 5 nitrogen and oxygen atoms in total. The number of hydrogen-bond donors (Lipinski definition) is 0. The highest BCUT2D eigenvalue weighted by atomic mass is 32.2. The zero-order chi connectivity index (χ0) is 18.2. The van der Waals surface area contributed by atoms with Crippen LogP contribution in [0.4, 0.5) is 0 Å². The van der Waals surface area contributed by atoms with Crippen LogP contribution in [0.15, 0.2) is 68.7 Å². The van der Waals surface area contributed by atoms with Crippen LogP contribution in [0.3, 0.4) is 0 Å². The van der Waals surface area contributed by atoms with Crippen LogP contribution in [0.25, 0.3) is 11.0 Å². The molecule has 0 unspecified atom stereocenters. The van der Waals surface area contributed by atoms with Gasteiger partial charge in [0.2, 0.25) is 0 Å². The minimum absolute atomic E-state index is 0.0649. The van der Waals surface area contributed by atoms with E-state index in [2.05, 4.69) is 20.8 Å². The Morgan fingerprint density at radius 3 is 2.20 bits per heavy atom. The second-order valence-electron chi connectivity index (χ2n) is 6.77. The van der Waals surface area contributed by atoms with Crippen molar-refractivity contribution in [1.82, 2.24) is 0 Å². The van der Waals surface area contributed by atoms with Crippen LogP contribution in [0.1, 0.15) is 26.3 Å². The quantitative estimate of drug-likeness (QED) is 0.525. The third-order valence-electron chi connectivity index (χ3n) is 3.81. The lowest BCUT2D eigenvalue weighted by molar-refractivity contribution is 0.484. The van der Waals surface area contributed by atoms with Gasteiger partial charge in [0.15, 0.2) is 0 Å². The minimum Gasteiger partial charge on any atom is -0.423 e. The fourth-order valence-electron chi connectivity index (χ4n) is 2.39. The molecular formula is C19H18O5S. The highest BCUT2D eigenvalue weighted by Gasteiger charge is 2.19. The zero-order valence-electron chi connectivity index (χ0n) is 14.1. The monoisotopic (exact) mass is 358 g/mol. The first-order chi connectivity index (χ1) is 11.6. The normalized spacial score (nSPS) is 12.3. The molecule has 0 spiro atoms. The Morgan fingerprint density at radius 1 is 0.920 bits per heavy atom. The fraction of sp³-hybridized carbons (Fsp3) is 0.211. The average Bonchev–Trinajstić information content (AvgIpc) is 2.53. The summed E-state index contributed by atoms with van der Waals surface area (Å²) in [5, 5.41) is 0.680. The minimum atomic E-state index is -3.97. The van der Waals surface area contributed by atoms with Gasteiger partial charge in [-0.1, -0.05) is 32.9 Å². The first kappa shape index (κ1) is 17.2. The predicted octanol–water partition coefficient (Wildman–Crippen LogP) is 3.86. The summed E-state index contributed by atoms with van der Waals surface area (Å²) in [6, 6.07) is 14.0. The number of hydrogen-bond acceptors (Lipinski definition) is 5. The van der Waals surface area contributed by atoms with Gasteiger partial charge in [-0.3, -0.25) is 0 Å². The van der Waals surface area contributed by atoms with Crippen LogP contribution in [0, 0.1) is 0 Å². The van der Waals surface area contributed by atoms with Gasteiger partial charge in [0.1, 0.15) is 16.2 Å². The molecule has 0 atom stereocenters. The van der Waals surface area contributed by atoms with Crippen LogP contribution >= 0.6 is 0 Å². The first-order valence-corrected chi connectivity index (χ1v) is 9.15. The Morgan fingerprint density at radius 2 is 1.56 bits per heavy atom. The summed E-state index contributed by atoms with van der Waals surface area (Å²) >= 11 is 0. The predicted molar refractivity (Wildman–Crippen MR) is 95.4 cm³/mol. The van der Waals surface area contributed by atoms with Gasteiger partial charge in [-0.2, -0.15) is 8.42 Å². The van der Waals surface area contributed by atoms with Crippen molar-refractivity contribution < 1.29 is 17.0 Å². The molecule has 25 heavy (non-hydrogen) atoms. The summed E-state index contributed by atoms with van der Waals surface area (Å²) < 4.78 is 35.1. The Bertz CT molecular complexity index is 1070. The van der Waals surface area contributed by atoms with Gasteiger partial charge in [-0.25, -0.2) is 4.79 Å². The van der Waals surface area contributed by atoms with Crippen molar-refractivity contribution in [3.05, 3.63) is 70.6 Å². The molecule has 0 amide bonds. The Balaban J connectivity index is 1.92. The van der Waals surface area contributed by atoms with E-state index >= 15 is 0 Å². The van der Waals surface area contributed by atoms with E-state index in [4.69, 9.17) is 8.60 Å². The van der Waals surface area contributed by atoms with Crippen molar-refractivity contribution in [2.45, 2.75) is 31.1 Å². The molecular weight excluding hydrogens is 340 g/mol. The molecule has 0 fully saturated rings. The molecule has 2 aromatic carbocycles. The summed E-state index contributed by atoms with van der Waals surface area (Å²) in [4.78, 5) is 11.4. The standard InChI is InChI=1S/C19H18O5S/c1-19(2,3)14-6-9-16(10-7-14)25(21,22)24-15-8-4-13-5-11-18(20)23-17(13)12-15/h4-12H,1-3H3. The molecule has 0 radical (unpaired) electrons. The van der Waals surface area contributed by atoms with E-state index in [1.165, 1.54) is 30.3 Å². The first-order valence-electron chi connectivity index (χ1n) is 7.74. The lowest BCUT2D eigenvalue weighted by Gasteiger charge is -2.19. The maximum Gasteiger partial charge on any atom is 0.339 e. The van der Waals surface area contributed by atoms with Crippen LogP contribution < -0.4 is 9.81 Å². The molecule has 0 aliphatic rings. The van der Waals surface area contributed by atoms with Gasteiger partial charge in [0.25, 0.3) is 0 Å². The number of fused-ring (bicyclic) bond motifs is 1. The Labute approximate surface area is 146 Å². The second kappa shape index (κ2) is 6.04. The molecule has 3 aromatic rings. The second-order valence-corrected chi connectivity index (χ2v) is 8.31. The van der Waals surface area contributed by atoms with Gasteiger partial charge in [-0.15, -0.1) is 0 Å². The molecule has 0 saturated heterocycles. The molecule has 0 N–H and O–H groups in total. The highest BCUT2D eigenvalue weighted by Crippen LogP contribution is 2.26. The van der Waals surface area contributed by atoms with Crippen LogP contribution in [0.2, 0.25) is 0 Å². The third kappa shape index (κ3) is 3.74. The lowest BCUT2D eigenvalue weighted by atomic mass is 9.87. The molecule has 0 aliphatic heterocycles. The van der Waals surface area contributed by atoms with E-state index in [1.54, 1.807) is 24.3 Å². The van der Waals surface area contributed by atoms with Gasteiger partial charge in [0.05, 0.1) is 0 Å². The Hall–Kier alpha value is -2.60. The molecule has 0 aliphatic carbocycles. The van der Waals surface area contributed by atoms with E-state index in [9.17, 15) is 13.2 Å². The molecule has 3 rings (SSSR count). The maximum absolute atomic E-state index is 12.5. The van der Waals surface area contributed by atoms with E-state index in [0.717, 1.165) is 5.56 Å². The summed E-state index contributed by atoms with van der Waals surface area (Å²) in [6.45, 7) is 6.15. The van der Waals surface area contributed by atoms with E-state index < -0.39 is 15.7 Å². The van der Waals surface area contributed by atoms with Crippen LogP contribution in [-0.4, -0.2) is 8.42 Å². The maximum atomic E-state index is 12.5. The summed E-state index contributed by atoms with van der Waals surface area (Å²) in [6.07, 6.45) is 0. The third-order valence-corrected chi connectivity index (χ3v) is 5.07. The molecule has 1 heterocycles. The van der Waals surface area contributed by atoms with E-state index in [-0.39, 0.29) is 21.6 Å². The topological polar surface area (TPSA) is 73.6 Å². The van der Waals surface area contributed by atoms with Gasteiger partial charge >= 0.3 is 15.7 Å². The molecule has 0 bridgehead atoms. The van der Waals surface area contributed by atoms with Crippen molar-refractivity contribution >= 4 is 21.1 Å². The van der Waals surface area contributed by atoms with Gasteiger partial charge in [-0.05, 0) is 41.3 Å². The average molecular weight is 358 g/mol. The van der Waals surface area contributed by atoms with Crippen molar-refractivity contribution in [2.75, 3.05) is 0 Å². The molecule has 1 aromatic heterocycles. The number of rotatable bonds is 3. The number of benzene rings is 2. The van der Waals surface area contributed by atoms with Crippen molar-refractivity contribution in [2.24, 2.45) is 0 Å². The summed E-state index contributed by atoms with van der Waals surface area (Å²) in [5.41, 5.74) is 0.714. The highest BCUT2D eigenvalue weighted by molar-refractivity contribution is 7.87. The van der Waals surface area contributed by atoms with E-state index in [0.29, 0.717) is 5.39 Å². The summed E-state index contributed by atoms with van der Waals surface area (Å²) in [7, 11) is -3.97. The van der Waals surface area contributed by atoms with Crippen LogP contribution in [0.5, 0.6) is 5.75 Å². The molecule has 6 heteroatoms. The van der Waals surface area contributed by atoms with Crippen molar-refractivity contribution in [3.63, 3.8) is 0 Å². The fourth-order valence-corrected chi connectivity index (χ4v) is 3.31. The van der Waals surface area contributed by atoms with Crippen LogP contribution in [-0.2, 0) is 15.5 Å². The summed E-state index contributed by atoms with van der Waals surface area (Å²) in [5.74, 6) is 0.0850. The van der Waals surface area contributed by atoms with Gasteiger partial charge in [0, 0.05) is 17.5 Å². The smallest absolute Gasteiger partial charge is 0.339 e. The van der Waals surface area contributed by atoms with Crippen molar-refractivity contribution in [3.8, 4) is 5.75 Å². The SMILES string of the molecule is CC(C)(C)c1ccc(S(=O)(=O)Oc2ccc3ccc(=O)oc3c2)cc1. The van der Waals surface area contributed by atoms with Crippen molar-refractivity contribution in [1.29, 1.82) is 0 Å². The largest absolute Gasteiger partial charge is 0.423 e. The zero-order valence-corrected chi connectivity index (χ0v) is 15.0.